The SMILES string of the molecule is CC1CN(c2ncccc2C(=O)CS(=O)(=O)c2cccc(OC3(C)CCCCCC3)n2)C(C)(C)C1. The van der Waals surface area contributed by atoms with Crippen molar-refractivity contribution in [1.82, 2.24) is 9.97 Å². The Morgan fingerprint density at radius 2 is 1.80 bits per heavy atom. The van der Waals surface area contributed by atoms with Gasteiger partial charge in [-0.25, -0.2) is 18.4 Å². The molecule has 2 aromatic heterocycles. The Bertz CT molecular complexity index is 1170. The summed E-state index contributed by atoms with van der Waals surface area (Å²) in [4.78, 5) is 24.2. The van der Waals surface area contributed by atoms with Gasteiger partial charge in [0.15, 0.2) is 10.8 Å². The fourth-order valence-electron chi connectivity index (χ4n) is 5.57. The van der Waals surface area contributed by atoms with Crippen LogP contribution in [0.2, 0.25) is 0 Å². The first-order chi connectivity index (χ1) is 16.5. The molecule has 0 spiro atoms. The van der Waals surface area contributed by atoms with Crippen LogP contribution in [0.15, 0.2) is 41.6 Å². The van der Waals surface area contributed by atoms with Gasteiger partial charge >= 0.3 is 0 Å². The van der Waals surface area contributed by atoms with E-state index in [9.17, 15) is 13.2 Å². The van der Waals surface area contributed by atoms with Crippen molar-refractivity contribution >= 4 is 21.4 Å². The van der Waals surface area contributed by atoms with Gasteiger partial charge in [-0.2, -0.15) is 0 Å². The monoisotopic (exact) mass is 499 g/mol. The third-order valence-electron chi connectivity index (χ3n) is 7.27. The minimum atomic E-state index is -3.96. The molecule has 1 atom stereocenters. The molecule has 0 amide bonds. The molecule has 1 aliphatic heterocycles. The third kappa shape index (κ3) is 5.85. The van der Waals surface area contributed by atoms with E-state index in [2.05, 4.69) is 42.6 Å². The first-order valence-corrected chi connectivity index (χ1v) is 14.3. The molecule has 0 bridgehead atoms. The number of carbonyl (C=O) groups is 1. The average Bonchev–Trinajstić information content (AvgIpc) is 2.93. The Morgan fingerprint density at radius 3 is 2.46 bits per heavy atom. The molecule has 0 radical (unpaired) electrons. The Kier molecular flexibility index (Phi) is 7.23. The van der Waals surface area contributed by atoms with Gasteiger partial charge < -0.3 is 9.64 Å². The zero-order valence-corrected chi connectivity index (χ0v) is 22.1. The molecular weight excluding hydrogens is 462 g/mol. The lowest BCUT2D eigenvalue weighted by Gasteiger charge is -2.33. The molecule has 190 valence electrons. The van der Waals surface area contributed by atoms with Crippen LogP contribution in [0.4, 0.5) is 5.82 Å². The van der Waals surface area contributed by atoms with Crippen LogP contribution in [-0.4, -0.2) is 47.6 Å². The van der Waals surface area contributed by atoms with Gasteiger partial charge in [-0.3, -0.25) is 4.79 Å². The number of anilines is 1. The second kappa shape index (κ2) is 9.88. The van der Waals surface area contributed by atoms with Crippen LogP contribution in [0.25, 0.3) is 0 Å². The van der Waals surface area contributed by atoms with Gasteiger partial charge in [0.2, 0.25) is 15.7 Å². The Hall–Kier alpha value is -2.48. The lowest BCUT2D eigenvalue weighted by molar-refractivity contribution is 0.0661. The number of Topliss-reactive ketones (excluding diaryl/α,β-unsaturated/α-hetero) is 1. The molecule has 3 heterocycles. The quantitative estimate of drug-likeness (QED) is 0.380. The first kappa shape index (κ1) is 25.6. The number of sulfone groups is 1. The molecule has 2 aromatic rings. The fraction of sp³-hybridized carbons (Fsp3) is 0.593. The van der Waals surface area contributed by atoms with Crippen molar-refractivity contribution < 1.29 is 17.9 Å². The maximum atomic E-state index is 13.3. The molecule has 2 fully saturated rings. The van der Waals surface area contributed by atoms with E-state index in [-0.39, 0.29) is 22.0 Å². The van der Waals surface area contributed by atoms with E-state index in [1.54, 1.807) is 30.5 Å². The highest BCUT2D eigenvalue weighted by Crippen LogP contribution is 2.37. The highest BCUT2D eigenvalue weighted by Gasteiger charge is 2.39. The molecule has 1 aliphatic carbocycles. The van der Waals surface area contributed by atoms with E-state index in [4.69, 9.17) is 4.74 Å². The van der Waals surface area contributed by atoms with Crippen LogP contribution in [0.3, 0.4) is 0 Å². The van der Waals surface area contributed by atoms with Gasteiger partial charge in [-0.05, 0) is 77.0 Å². The highest BCUT2D eigenvalue weighted by atomic mass is 32.2. The number of nitrogens with zero attached hydrogens (tertiary/aromatic N) is 3. The summed E-state index contributed by atoms with van der Waals surface area (Å²) in [6.07, 6.45) is 9.01. The number of pyridine rings is 2. The molecule has 35 heavy (non-hydrogen) atoms. The predicted octanol–water partition coefficient (Wildman–Crippen LogP) is 5.25. The predicted molar refractivity (Wildman–Crippen MR) is 137 cm³/mol. The summed E-state index contributed by atoms with van der Waals surface area (Å²) in [6, 6.07) is 8.09. The Morgan fingerprint density at radius 1 is 1.09 bits per heavy atom. The summed E-state index contributed by atoms with van der Waals surface area (Å²) in [7, 11) is -3.96. The number of ketones is 1. The van der Waals surface area contributed by atoms with Crippen molar-refractivity contribution in [3.63, 3.8) is 0 Å². The second-order valence-electron chi connectivity index (χ2n) is 11.1. The van der Waals surface area contributed by atoms with Crippen LogP contribution < -0.4 is 9.64 Å². The molecule has 0 N–H and O–H groups in total. The highest BCUT2D eigenvalue weighted by molar-refractivity contribution is 7.92. The van der Waals surface area contributed by atoms with Gasteiger partial charge in [0, 0.05) is 24.3 Å². The number of ether oxygens (including phenoxy) is 1. The summed E-state index contributed by atoms with van der Waals surface area (Å²) in [5.41, 5.74) is -0.189. The Labute approximate surface area is 209 Å². The summed E-state index contributed by atoms with van der Waals surface area (Å²) in [5, 5.41) is -0.138. The zero-order valence-electron chi connectivity index (χ0n) is 21.3. The van der Waals surface area contributed by atoms with Crippen molar-refractivity contribution in [2.45, 2.75) is 88.8 Å². The molecular formula is C27H37N3O4S. The number of aromatic nitrogens is 2. The van der Waals surface area contributed by atoms with Crippen LogP contribution in [0.1, 0.15) is 83.0 Å². The number of hydrogen-bond acceptors (Lipinski definition) is 7. The van der Waals surface area contributed by atoms with E-state index in [0.717, 1.165) is 38.6 Å². The van der Waals surface area contributed by atoms with E-state index in [1.807, 2.05) is 0 Å². The molecule has 1 unspecified atom stereocenters. The molecule has 8 heteroatoms. The van der Waals surface area contributed by atoms with Crippen LogP contribution in [0.5, 0.6) is 5.88 Å². The van der Waals surface area contributed by atoms with Gasteiger partial charge in [-0.15, -0.1) is 0 Å². The minimum absolute atomic E-state index is 0.138. The lowest BCUT2D eigenvalue weighted by atomic mass is 9.97. The van der Waals surface area contributed by atoms with Crippen molar-refractivity contribution in [3.05, 3.63) is 42.1 Å². The molecule has 1 saturated carbocycles. The van der Waals surface area contributed by atoms with Gasteiger partial charge in [0.05, 0.1) is 5.56 Å². The van der Waals surface area contributed by atoms with E-state index >= 15 is 0 Å². The zero-order chi connectivity index (χ0) is 25.3. The summed E-state index contributed by atoms with van der Waals surface area (Å²) < 4.78 is 32.7. The van der Waals surface area contributed by atoms with E-state index in [0.29, 0.717) is 17.3 Å². The van der Waals surface area contributed by atoms with Crippen molar-refractivity contribution in [2.75, 3.05) is 17.2 Å². The first-order valence-electron chi connectivity index (χ1n) is 12.6. The molecule has 2 aliphatic rings. The summed E-state index contributed by atoms with van der Waals surface area (Å²) >= 11 is 0. The summed E-state index contributed by atoms with van der Waals surface area (Å²) in [5.74, 6) is 0.155. The average molecular weight is 500 g/mol. The second-order valence-corrected chi connectivity index (χ2v) is 13.0. The van der Waals surface area contributed by atoms with Crippen molar-refractivity contribution in [3.8, 4) is 5.88 Å². The maximum Gasteiger partial charge on any atom is 0.214 e. The number of rotatable bonds is 7. The minimum Gasteiger partial charge on any atom is -0.471 e. The van der Waals surface area contributed by atoms with Crippen LogP contribution in [0, 0.1) is 5.92 Å². The lowest BCUT2D eigenvalue weighted by Crippen LogP contribution is -2.39. The molecule has 4 rings (SSSR count). The van der Waals surface area contributed by atoms with E-state index in [1.165, 1.54) is 18.9 Å². The largest absolute Gasteiger partial charge is 0.471 e. The topological polar surface area (TPSA) is 89.5 Å². The van der Waals surface area contributed by atoms with Gasteiger partial charge in [0.1, 0.15) is 17.2 Å². The van der Waals surface area contributed by atoms with Gasteiger partial charge in [0.25, 0.3) is 0 Å². The standard InChI is InChI=1S/C27H37N3O4S/c1-20-17-26(2,3)30(18-20)25-21(11-10-16-28-25)22(31)19-35(32,33)24-13-9-12-23(29-24)34-27(4)14-7-5-6-8-15-27/h9-13,16,20H,5-8,14-15,17-19H2,1-4H3. The number of hydrogen-bond donors (Lipinski definition) is 0. The fourth-order valence-corrected chi connectivity index (χ4v) is 6.73. The molecule has 0 aromatic carbocycles. The smallest absolute Gasteiger partial charge is 0.214 e. The van der Waals surface area contributed by atoms with Gasteiger partial charge in [-0.1, -0.05) is 25.8 Å². The number of carbonyl (C=O) groups excluding carboxylic acids is 1. The van der Waals surface area contributed by atoms with E-state index < -0.39 is 21.4 Å². The summed E-state index contributed by atoms with van der Waals surface area (Å²) in [6.45, 7) is 9.26. The third-order valence-corrected chi connectivity index (χ3v) is 8.77. The van der Waals surface area contributed by atoms with Crippen molar-refractivity contribution in [1.29, 1.82) is 0 Å². The molecule has 1 saturated heterocycles. The maximum absolute atomic E-state index is 13.3. The van der Waals surface area contributed by atoms with Crippen LogP contribution in [-0.2, 0) is 9.84 Å². The normalized spacial score (nSPS) is 21.9. The molecule has 7 nitrogen and oxygen atoms in total. The van der Waals surface area contributed by atoms with Crippen LogP contribution >= 0.6 is 0 Å². The van der Waals surface area contributed by atoms with Crippen molar-refractivity contribution in [2.24, 2.45) is 5.92 Å². The Balaban J connectivity index is 1.55.